The number of benzene rings is 2. The molecule has 0 saturated heterocycles. The second-order valence-electron chi connectivity index (χ2n) is 4.33. The molecular weight excluding hydrogens is 290 g/mol. The van der Waals surface area contributed by atoms with Gasteiger partial charge in [0.1, 0.15) is 0 Å². The maximum Gasteiger partial charge on any atom is 0.0658 e. The second-order valence-corrected chi connectivity index (χ2v) is 5.25. The summed E-state index contributed by atoms with van der Waals surface area (Å²) in [4.78, 5) is 2.28. The molecule has 0 radical (unpaired) electrons. The quantitative estimate of drug-likeness (QED) is 0.791. The fraction of sp³-hybridized carbons (Fsp3) is 0.143. The molecule has 3 rings (SSSR count). The predicted molar refractivity (Wildman–Crippen MR) is 80.5 cm³/mol. The lowest BCUT2D eigenvalue weighted by atomic mass is 10.1. The summed E-state index contributed by atoms with van der Waals surface area (Å²) in [5.74, 6) is 0. The third-order valence-corrected chi connectivity index (χ3v) is 3.58. The number of nitrogen functional groups attached to an aromatic ring is 1. The first-order valence-corrected chi connectivity index (χ1v) is 6.70. The topological polar surface area (TPSA) is 41.3 Å². The smallest absolute Gasteiger partial charge is 0.0658 e. The Hall–Kier alpha value is -1.68. The zero-order valence-corrected chi connectivity index (χ0v) is 11.4. The predicted octanol–water partition coefficient (Wildman–Crippen LogP) is 3.59. The molecule has 3 nitrogen and oxygen atoms in total. The fourth-order valence-electron chi connectivity index (χ4n) is 2.26. The Labute approximate surface area is 115 Å². The largest absolute Gasteiger partial charge is 0.399 e. The third-order valence-electron chi connectivity index (χ3n) is 3.08. The van der Waals surface area contributed by atoms with E-state index in [1.165, 1.54) is 5.69 Å². The van der Waals surface area contributed by atoms with Crippen molar-refractivity contribution in [3.05, 3.63) is 46.9 Å². The number of nitrogens with zero attached hydrogens (tertiary/aromatic N) is 1. The van der Waals surface area contributed by atoms with E-state index in [0.29, 0.717) is 0 Å². The molecule has 0 bridgehead atoms. The Balaban J connectivity index is 2.08. The van der Waals surface area contributed by atoms with Crippen molar-refractivity contribution >= 4 is 38.7 Å². The highest BCUT2D eigenvalue weighted by Gasteiger charge is 2.18. The monoisotopic (exact) mass is 303 g/mol. The summed E-state index contributed by atoms with van der Waals surface area (Å²) in [5.41, 5.74) is 10.1. The molecule has 0 atom stereocenters. The van der Waals surface area contributed by atoms with Crippen LogP contribution in [0.25, 0.3) is 0 Å². The van der Waals surface area contributed by atoms with Gasteiger partial charge in [0.25, 0.3) is 0 Å². The Morgan fingerprint density at radius 1 is 1.17 bits per heavy atom. The maximum atomic E-state index is 5.86. The molecule has 1 aliphatic heterocycles. The molecule has 0 saturated carbocycles. The van der Waals surface area contributed by atoms with Gasteiger partial charge in [-0.2, -0.15) is 0 Å². The van der Waals surface area contributed by atoms with Crippen LogP contribution in [0.4, 0.5) is 22.7 Å². The highest BCUT2D eigenvalue weighted by Crippen LogP contribution is 2.36. The standard InChI is InChI=1S/C14H14BrN3/c15-10-4-5-13-14(8-10)18(7-6-17-13)12-3-1-2-11(16)9-12/h1-5,8-9,17H,6-7,16H2. The summed E-state index contributed by atoms with van der Waals surface area (Å²) < 4.78 is 1.08. The van der Waals surface area contributed by atoms with Crippen molar-refractivity contribution in [2.75, 3.05) is 29.0 Å². The van der Waals surface area contributed by atoms with Crippen LogP contribution in [0.15, 0.2) is 46.9 Å². The summed E-state index contributed by atoms with van der Waals surface area (Å²) in [7, 11) is 0. The minimum atomic E-state index is 0.794. The molecule has 0 aromatic heterocycles. The van der Waals surface area contributed by atoms with E-state index in [1.54, 1.807) is 0 Å². The van der Waals surface area contributed by atoms with Crippen LogP contribution < -0.4 is 16.0 Å². The first-order chi connectivity index (χ1) is 8.74. The van der Waals surface area contributed by atoms with Crippen LogP contribution in [-0.2, 0) is 0 Å². The van der Waals surface area contributed by atoms with Crippen molar-refractivity contribution in [1.29, 1.82) is 0 Å². The van der Waals surface area contributed by atoms with E-state index in [2.05, 4.69) is 50.4 Å². The first kappa shape index (κ1) is 11.4. The van der Waals surface area contributed by atoms with Crippen LogP contribution in [0.2, 0.25) is 0 Å². The molecule has 18 heavy (non-hydrogen) atoms. The molecule has 4 heteroatoms. The molecule has 0 fully saturated rings. The summed E-state index contributed by atoms with van der Waals surface area (Å²) in [6.45, 7) is 1.87. The third kappa shape index (κ3) is 2.04. The molecule has 0 spiro atoms. The normalized spacial score (nSPS) is 13.9. The molecule has 0 aliphatic carbocycles. The lowest BCUT2D eigenvalue weighted by molar-refractivity contribution is 0.926. The van der Waals surface area contributed by atoms with E-state index >= 15 is 0 Å². The number of fused-ring (bicyclic) bond motifs is 1. The number of hydrogen-bond donors (Lipinski definition) is 2. The molecule has 2 aromatic carbocycles. The van der Waals surface area contributed by atoms with E-state index in [0.717, 1.165) is 34.6 Å². The van der Waals surface area contributed by atoms with Crippen molar-refractivity contribution in [2.24, 2.45) is 0 Å². The molecule has 1 aliphatic rings. The van der Waals surface area contributed by atoms with Gasteiger partial charge in [-0.1, -0.05) is 22.0 Å². The Morgan fingerprint density at radius 3 is 2.89 bits per heavy atom. The van der Waals surface area contributed by atoms with Crippen molar-refractivity contribution in [3.63, 3.8) is 0 Å². The lowest BCUT2D eigenvalue weighted by Gasteiger charge is -2.32. The van der Waals surface area contributed by atoms with Crippen LogP contribution >= 0.6 is 15.9 Å². The van der Waals surface area contributed by atoms with Crippen molar-refractivity contribution < 1.29 is 0 Å². The van der Waals surface area contributed by atoms with E-state index in [9.17, 15) is 0 Å². The van der Waals surface area contributed by atoms with Crippen LogP contribution in [0.5, 0.6) is 0 Å². The van der Waals surface area contributed by atoms with Crippen LogP contribution in [0.3, 0.4) is 0 Å². The van der Waals surface area contributed by atoms with Gasteiger partial charge in [-0.3, -0.25) is 0 Å². The number of hydrogen-bond acceptors (Lipinski definition) is 3. The number of anilines is 4. The van der Waals surface area contributed by atoms with Crippen molar-refractivity contribution in [3.8, 4) is 0 Å². The molecule has 0 amide bonds. The zero-order chi connectivity index (χ0) is 12.5. The van der Waals surface area contributed by atoms with Gasteiger partial charge in [-0.05, 0) is 36.4 Å². The van der Waals surface area contributed by atoms with Gasteiger partial charge in [-0.15, -0.1) is 0 Å². The lowest BCUT2D eigenvalue weighted by Crippen LogP contribution is -2.30. The molecular formula is C14H14BrN3. The molecule has 0 unspecified atom stereocenters. The summed E-state index contributed by atoms with van der Waals surface area (Å²) >= 11 is 3.53. The van der Waals surface area contributed by atoms with Gasteiger partial charge < -0.3 is 16.0 Å². The van der Waals surface area contributed by atoms with Gasteiger partial charge in [0.15, 0.2) is 0 Å². The van der Waals surface area contributed by atoms with Crippen LogP contribution in [0, 0.1) is 0 Å². The number of nitrogens with one attached hydrogen (secondary N) is 1. The molecule has 92 valence electrons. The molecule has 3 N–H and O–H groups in total. The fourth-order valence-corrected chi connectivity index (χ4v) is 2.61. The van der Waals surface area contributed by atoms with Crippen LogP contribution in [-0.4, -0.2) is 13.1 Å². The zero-order valence-electron chi connectivity index (χ0n) is 9.86. The van der Waals surface area contributed by atoms with Gasteiger partial charge in [-0.25, -0.2) is 0 Å². The van der Waals surface area contributed by atoms with Gasteiger partial charge in [0, 0.05) is 28.9 Å². The second kappa shape index (κ2) is 4.53. The van der Waals surface area contributed by atoms with Crippen molar-refractivity contribution in [1.82, 2.24) is 0 Å². The average Bonchev–Trinajstić information content (AvgIpc) is 2.38. The summed E-state index contributed by atoms with van der Waals surface area (Å²) in [6.07, 6.45) is 0. The number of nitrogens with two attached hydrogens (primary N) is 1. The van der Waals surface area contributed by atoms with Gasteiger partial charge in [0.05, 0.1) is 11.4 Å². The number of halogens is 1. The average molecular weight is 304 g/mol. The Morgan fingerprint density at radius 2 is 2.06 bits per heavy atom. The molecule has 1 heterocycles. The maximum absolute atomic E-state index is 5.86. The highest BCUT2D eigenvalue weighted by atomic mass is 79.9. The van der Waals surface area contributed by atoms with Gasteiger partial charge in [0.2, 0.25) is 0 Å². The Bertz CT molecular complexity index is 583. The van der Waals surface area contributed by atoms with E-state index in [1.807, 2.05) is 18.2 Å². The minimum absolute atomic E-state index is 0.794. The molecule has 2 aromatic rings. The van der Waals surface area contributed by atoms with Crippen molar-refractivity contribution in [2.45, 2.75) is 0 Å². The SMILES string of the molecule is Nc1cccc(N2CCNc3ccc(Br)cc32)c1. The summed E-state index contributed by atoms with van der Waals surface area (Å²) in [6, 6.07) is 14.3. The minimum Gasteiger partial charge on any atom is -0.399 e. The first-order valence-electron chi connectivity index (χ1n) is 5.90. The van der Waals surface area contributed by atoms with Crippen LogP contribution in [0.1, 0.15) is 0 Å². The number of rotatable bonds is 1. The van der Waals surface area contributed by atoms with Gasteiger partial charge >= 0.3 is 0 Å². The highest BCUT2D eigenvalue weighted by molar-refractivity contribution is 9.10. The Kier molecular flexibility index (Phi) is 2.88. The van der Waals surface area contributed by atoms with E-state index < -0.39 is 0 Å². The van der Waals surface area contributed by atoms with E-state index in [4.69, 9.17) is 5.73 Å². The van der Waals surface area contributed by atoms with E-state index in [-0.39, 0.29) is 0 Å². The summed E-state index contributed by atoms with van der Waals surface area (Å²) in [5, 5.41) is 3.41.